The van der Waals surface area contributed by atoms with Crippen molar-refractivity contribution in [3.63, 3.8) is 0 Å². The first kappa shape index (κ1) is 16.7. The maximum Gasteiger partial charge on any atom is 0.220 e. The molecule has 0 aromatic carbocycles. The van der Waals surface area contributed by atoms with Crippen molar-refractivity contribution in [2.24, 2.45) is 0 Å². The lowest BCUT2D eigenvalue weighted by Crippen LogP contribution is -2.44. The zero-order valence-corrected chi connectivity index (χ0v) is 14.7. The number of carbonyl (C=O) groups is 2. The van der Waals surface area contributed by atoms with Gasteiger partial charge in [-0.05, 0) is 19.8 Å². The molecule has 2 saturated heterocycles. The van der Waals surface area contributed by atoms with Crippen LogP contribution in [0.4, 0.5) is 5.82 Å². The molecule has 1 aromatic heterocycles. The summed E-state index contributed by atoms with van der Waals surface area (Å²) in [5.74, 6) is 1.85. The number of hydrogen-bond donors (Lipinski definition) is 0. The van der Waals surface area contributed by atoms with Gasteiger partial charge in [0, 0.05) is 52.6 Å². The largest absolute Gasteiger partial charge is 0.355 e. The Morgan fingerprint density at radius 2 is 1.83 bits per heavy atom. The molecular weight excluding hydrogens is 306 g/mol. The second kappa shape index (κ2) is 6.75. The SMILES string of the molecule is CC(=O)N1CCCN(c2cc(C3CCN3C(C)=O)nc(C)n2)CC1. The third-order valence-electron chi connectivity index (χ3n) is 4.87. The highest BCUT2D eigenvalue weighted by molar-refractivity contribution is 5.74. The Bertz CT molecular complexity index is 648. The Hall–Kier alpha value is -2.18. The Morgan fingerprint density at radius 1 is 1.04 bits per heavy atom. The van der Waals surface area contributed by atoms with Crippen LogP contribution in [0.2, 0.25) is 0 Å². The number of amides is 2. The van der Waals surface area contributed by atoms with Gasteiger partial charge in [-0.2, -0.15) is 0 Å². The molecule has 1 unspecified atom stereocenters. The molecule has 130 valence electrons. The Labute approximate surface area is 142 Å². The Kier molecular flexibility index (Phi) is 4.69. The number of aryl methyl sites for hydroxylation is 1. The van der Waals surface area contributed by atoms with Crippen LogP contribution in [0.15, 0.2) is 6.07 Å². The minimum absolute atomic E-state index is 0.0728. The van der Waals surface area contributed by atoms with Gasteiger partial charge in [-0.3, -0.25) is 9.59 Å². The highest BCUT2D eigenvalue weighted by Gasteiger charge is 2.33. The van der Waals surface area contributed by atoms with Gasteiger partial charge in [-0.1, -0.05) is 0 Å². The lowest BCUT2D eigenvalue weighted by Gasteiger charge is -2.40. The highest BCUT2D eigenvalue weighted by atomic mass is 16.2. The van der Waals surface area contributed by atoms with Gasteiger partial charge >= 0.3 is 0 Å². The smallest absolute Gasteiger partial charge is 0.220 e. The first-order chi connectivity index (χ1) is 11.5. The van der Waals surface area contributed by atoms with Crippen molar-refractivity contribution in [1.29, 1.82) is 0 Å². The monoisotopic (exact) mass is 331 g/mol. The van der Waals surface area contributed by atoms with E-state index in [0.717, 1.165) is 62.9 Å². The van der Waals surface area contributed by atoms with Gasteiger partial charge in [0.25, 0.3) is 0 Å². The van der Waals surface area contributed by atoms with Crippen molar-refractivity contribution in [2.45, 2.75) is 39.7 Å². The van der Waals surface area contributed by atoms with Crippen molar-refractivity contribution < 1.29 is 9.59 Å². The molecule has 0 N–H and O–H groups in total. The van der Waals surface area contributed by atoms with E-state index in [0.29, 0.717) is 0 Å². The van der Waals surface area contributed by atoms with Crippen LogP contribution in [0.1, 0.15) is 44.2 Å². The van der Waals surface area contributed by atoms with Gasteiger partial charge in [0.1, 0.15) is 11.6 Å². The molecule has 2 amide bonds. The summed E-state index contributed by atoms with van der Waals surface area (Å²) in [5.41, 5.74) is 0.923. The van der Waals surface area contributed by atoms with Gasteiger partial charge in [-0.15, -0.1) is 0 Å². The summed E-state index contributed by atoms with van der Waals surface area (Å²) < 4.78 is 0. The lowest BCUT2D eigenvalue weighted by atomic mass is 9.99. The molecule has 3 heterocycles. The first-order valence-electron chi connectivity index (χ1n) is 8.59. The van der Waals surface area contributed by atoms with E-state index < -0.39 is 0 Å². The predicted octanol–water partition coefficient (Wildman–Crippen LogP) is 1.14. The molecule has 0 bridgehead atoms. The van der Waals surface area contributed by atoms with Crippen LogP contribution in [-0.2, 0) is 9.59 Å². The molecule has 0 spiro atoms. The number of nitrogens with zero attached hydrogens (tertiary/aromatic N) is 5. The minimum atomic E-state index is 0.0728. The topological polar surface area (TPSA) is 69.6 Å². The van der Waals surface area contributed by atoms with Crippen molar-refractivity contribution in [1.82, 2.24) is 19.8 Å². The van der Waals surface area contributed by atoms with Crippen molar-refractivity contribution >= 4 is 17.6 Å². The lowest BCUT2D eigenvalue weighted by molar-refractivity contribution is -0.136. The number of anilines is 1. The van der Waals surface area contributed by atoms with Crippen LogP contribution in [0.3, 0.4) is 0 Å². The third kappa shape index (κ3) is 3.34. The number of carbonyl (C=O) groups excluding carboxylic acids is 2. The van der Waals surface area contributed by atoms with Crippen LogP contribution >= 0.6 is 0 Å². The molecule has 2 aliphatic rings. The molecule has 7 heteroatoms. The molecule has 0 saturated carbocycles. The second-order valence-electron chi connectivity index (χ2n) is 6.56. The van der Waals surface area contributed by atoms with E-state index in [2.05, 4.69) is 14.9 Å². The molecule has 2 fully saturated rings. The number of aromatic nitrogens is 2. The maximum atomic E-state index is 11.7. The number of hydrogen-bond acceptors (Lipinski definition) is 5. The van der Waals surface area contributed by atoms with E-state index in [1.165, 1.54) is 0 Å². The summed E-state index contributed by atoms with van der Waals surface area (Å²) in [6.45, 7) is 9.08. The second-order valence-corrected chi connectivity index (χ2v) is 6.56. The van der Waals surface area contributed by atoms with Crippen LogP contribution in [0.5, 0.6) is 0 Å². The Morgan fingerprint density at radius 3 is 2.46 bits per heavy atom. The number of rotatable bonds is 2. The van der Waals surface area contributed by atoms with Gasteiger partial charge in [0.2, 0.25) is 11.8 Å². The van der Waals surface area contributed by atoms with Gasteiger partial charge in [0.15, 0.2) is 0 Å². The van der Waals surface area contributed by atoms with E-state index in [4.69, 9.17) is 0 Å². The van der Waals surface area contributed by atoms with Gasteiger partial charge in [0.05, 0.1) is 11.7 Å². The zero-order chi connectivity index (χ0) is 17.3. The molecule has 1 aromatic rings. The predicted molar refractivity (Wildman–Crippen MR) is 90.6 cm³/mol. The molecular formula is C17H25N5O2. The summed E-state index contributed by atoms with van der Waals surface area (Å²) in [4.78, 5) is 38.3. The zero-order valence-electron chi connectivity index (χ0n) is 14.7. The minimum Gasteiger partial charge on any atom is -0.355 e. The van der Waals surface area contributed by atoms with Crippen LogP contribution in [0.25, 0.3) is 0 Å². The van der Waals surface area contributed by atoms with E-state index in [1.807, 2.05) is 22.8 Å². The van der Waals surface area contributed by atoms with Crippen molar-refractivity contribution in [3.05, 3.63) is 17.6 Å². The van der Waals surface area contributed by atoms with Gasteiger partial charge < -0.3 is 14.7 Å². The fourth-order valence-corrected chi connectivity index (χ4v) is 3.44. The van der Waals surface area contributed by atoms with Crippen molar-refractivity contribution in [3.8, 4) is 0 Å². The highest BCUT2D eigenvalue weighted by Crippen LogP contribution is 2.33. The molecule has 2 aliphatic heterocycles. The van der Waals surface area contributed by atoms with E-state index >= 15 is 0 Å². The first-order valence-corrected chi connectivity index (χ1v) is 8.59. The van der Waals surface area contributed by atoms with E-state index in [-0.39, 0.29) is 17.9 Å². The van der Waals surface area contributed by atoms with E-state index in [9.17, 15) is 9.59 Å². The van der Waals surface area contributed by atoms with Crippen LogP contribution in [-0.4, -0.2) is 64.3 Å². The fourth-order valence-electron chi connectivity index (χ4n) is 3.44. The average Bonchev–Trinajstić information content (AvgIpc) is 2.70. The summed E-state index contributed by atoms with van der Waals surface area (Å²) >= 11 is 0. The standard InChI is InChI=1S/C17H25N5O2/c1-12-18-15(16-5-8-22(16)14(3)24)11-17(19-12)21-7-4-6-20(9-10-21)13(2)23/h11,16H,4-10H2,1-3H3. The van der Waals surface area contributed by atoms with Crippen LogP contribution < -0.4 is 4.90 Å². The molecule has 7 nitrogen and oxygen atoms in total. The maximum absolute atomic E-state index is 11.7. The average molecular weight is 331 g/mol. The van der Waals surface area contributed by atoms with Gasteiger partial charge in [-0.25, -0.2) is 9.97 Å². The van der Waals surface area contributed by atoms with Crippen LogP contribution in [0, 0.1) is 6.92 Å². The third-order valence-corrected chi connectivity index (χ3v) is 4.87. The fraction of sp³-hybridized carbons (Fsp3) is 0.647. The van der Waals surface area contributed by atoms with Crippen molar-refractivity contribution in [2.75, 3.05) is 37.6 Å². The molecule has 0 aliphatic carbocycles. The summed E-state index contributed by atoms with van der Waals surface area (Å²) in [6, 6.07) is 2.08. The van der Waals surface area contributed by atoms with E-state index in [1.54, 1.807) is 13.8 Å². The molecule has 0 radical (unpaired) electrons. The summed E-state index contributed by atoms with van der Waals surface area (Å²) in [6.07, 6.45) is 1.88. The Balaban J connectivity index is 1.79. The quantitative estimate of drug-likeness (QED) is 0.813. The molecule has 3 rings (SSSR count). The summed E-state index contributed by atoms with van der Waals surface area (Å²) in [7, 11) is 0. The molecule has 1 atom stereocenters. The normalized spacial score (nSPS) is 21.3. The number of likely N-dealkylation sites (tertiary alicyclic amines) is 1. The summed E-state index contributed by atoms with van der Waals surface area (Å²) in [5, 5.41) is 0. The molecule has 24 heavy (non-hydrogen) atoms.